The van der Waals surface area contributed by atoms with E-state index < -0.39 is 6.61 Å². The number of rotatable bonds is 4. The quantitative estimate of drug-likeness (QED) is 0.826. The van der Waals surface area contributed by atoms with Gasteiger partial charge in [-0.25, -0.2) is 0 Å². The largest absolute Gasteiger partial charge is 0.387 e. The average Bonchev–Trinajstić information content (AvgIpc) is 3.18. The number of amides is 2. The molecule has 3 atom stereocenters. The summed E-state index contributed by atoms with van der Waals surface area (Å²) in [5, 5.41) is 15.4. The van der Waals surface area contributed by atoms with E-state index in [0.29, 0.717) is 31.1 Å². The zero-order valence-corrected chi connectivity index (χ0v) is 12.3. The minimum atomic E-state index is -0.445. The Balaban J connectivity index is 1.45. The summed E-state index contributed by atoms with van der Waals surface area (Å²) >= 11 is 1.49. The van der Waals surface area contributed by atoms with Crippen molar-refractivity contribution in [3.8, 4) is 0 Å². The lowest BCUT2D eigenvalue weighted by Gasteiger charge is -2.18. The summed E-state index contributed by atoms with van der Waals surface area (Å²) in [7, 11) is 0. The van der Waals surface area contributed by atoms with Crippen LogP contribution in [0.1, 0.15) is 16.8 Å². The molecular weight excluding hydrogens is 292 g/mol. The van der Waals surface area contributed by atoms with Gasteiger partial charge in [0.15, 0.2) is 0 Å². The molecule has 2 aliphatic rings. The molecule has 6 nitrogen and oxygen atoms in total. The van der Waals surface area contributed by atoms with Gasteiger partial charge in [-0.05, 0) is 17.9 Å². The third kappa shape index (κ3) is 3.09. The Kier molecular flexibility index (Phi) is 4.23. The van der Waals surface area contributed by atoms with Gasteiger partial charge in [0.2, 0.25) is 5.91 Å². The van der Waals surface area contributed by atoms with Gasteiger partial charge < -0.3 is 20.1 Å². The Morgan fingerprint density at radius 2 is 2.33 bits per heavy atom. The smallest absolute Gasteiger partial charge is 0.252 e. The van der Waals surface area contributed by atoms with Crippen molar-refractivity contribution in [3.05, 3.63) is 22.4 Å². The van der Waals surface area contributed by atoms with Crippen LogP contribution in [0.3, 0.4) is 0 Å². The van der Waals surface area contributed by atoms with Crippen LogP contribution < -0.4 is 5.32 Å². The summed E-state index contributed by atoms with van der Waals surface area (Å²) in [5.74, 6) is -0.00662. The average molecular weight is 310 g/mol. The fourth-order valence-corrected chi connectivity index (χ4v) is 3.64. The zero-order chi connectivity index (χ0) is 14.8. The first-order chi connectivity index (χ1) is 10.2. The molecule has 0 spiro atoms. The summed E-state index contributed by atoms with van der Waals surface area (Å²) in [6, 6.07) is 1.79. The van der Waals surface area contributed by atoms with Gasteiger partial charge in [0.25, 0.3) is 5.91 Å². The summed E-state index contributed by atoms with van der Waals surface area (Å²) in [4.78, 5) is 24.9. The van der Waals surface area contributed by atoms with Gasteiger partial charge in [-0.2, -0.15) is 11.3 Å². The van der Waals surface area contributed by atoms with Crippen molar-refractivity contribution in [1.29, 1.82) is 0 Å². The van der Waals surface area contributed by atoms with E-state index >= 15 is 0 Å². The van der Waals surface area contributed by atoms with E-state index in [0.717, 1.165) is 6.42 Å². The summed E-state index contributed by atoms with van der Waals surface area (Å²) in [5.41, 5.74) is 0.679. The Morgan fingerprint density at radius 3 is 3.00 bits per heavy atom. The second-order valence-electron chi connectivity index (χ2n) is 5.47. The first-order valence-corrected chi connectivity index (χ1v) is 7.96. The molecule has 1 aromatic rings. The number of carbonyl (C=O) groups excluding carboxylic acids is 2. The first kappa shape index (κ1) is 14.5. The van der Waals surface area contributed by atoms with Crippen LogP contribution in [0, 0.1) is 5.92 Å². The van der Waals surface area contributed by atoms with Crippen molar-refractivity contribution in [2.75, 3.05) is 26.2 Å². The first-order valence-electron chi connectivity index (χ1n) is 7.02. The Labute approximate surface area is 126 Å². The highest BCUT2D eigenvalue weighted by Gasteiger charge is 2.43. The van der Waals surface area contributed by atoms with Crippen molar-refractivity contribution in [2.45, 2.75) is 18.6 Å². The maximum Gasteiger partial charge on any atom is 0.252 e. The summed E-state index contributed by atoms with van der Waals surface area (Å²) in [6.07, 6.45) is 0.876. The second-order valence-corrected chi connectivity index (χ2v) is 6.25. The van der Waals surface area contributed by atoms with E-state index in [4.69, 9.17) is 9.84 Å². The number of hydrogen-bond acceptors (Lipinski definition) is 5. The third-order valence-corrected chi connectivity index (χ3v) is 4.76. The van der Waals surface area contributed by atoms with Gasteiger partial charge in [0, 0.05) is 36.5 Å². The van der Waals surface area contributed by atoms with E-state index in [1.807, 2.05) is 10.8 Å². The minimum absolute atomic E-state index is 0.00830. The van der Waals surface area contributed by atoms with Crippen molar-refractivity contribution < 1.29 is 19.4 Å². The Bertz CT molecular complexity index is 505. The SMILES string of the molecule is O=C(NC[C@@H]1C[C@@H]2CN(C(=O)CO)C[C@H]2O1)c1ccsc1. The van der Waals surface area contributed by atoms with Crippen molar-refractivity contribution in [2.24, 2.45) is 5.92 Å². The van der Waals surface area contributed by atoms with Gasteiger partial charge in [-0.15, -0.1) is 0 Å². The lowest BCUT2D eigenvalue weighted by Crippen LogP contribution is -2.36. The fraction of sp³-hybridized carbons (Fsp3) is 0.571. The molecular formula is C14H18N2O4S. The normalized spacial score (nSPS) is 27.7. The van der Waals surface area contributed by atoms with E-state index in [1.165, 1.54) is 11.3 Å². The Hall–Kier alpha value is -1.44. The van der Waals surface area contributed by atoms with E-state index in [1.54, 1.807) is 11.0 Å². The molecule has 2 saturated heterocycles. The van der Waals surface area contributed by atoms with Crippen LogP contribution in [-0.2, 0) is 9.53 Å². The molecule has 2 amide bonds. The van der Waals surface area contributed by atoms with Crippen LogP contribution in [0.2, 0.25) is 0 Å². The molecule has 0 radical (unpaired) electrons. The van der Waals surface area contributed by atoms with E-state index in [-0.39, 0.29) is 24.0 Å². The highest BCUT2D eigenvalue weighted by molar-refractivity contribution is 7.08. The number of thiophene rings is 1. The standard InChI is InChI=1S/C14H18N2O4S/c17-7-13(18)16-5-10-3-11(20-12(10)6-16)4-15-14(19)9-1-2-21-8-9/h1-2,8,10-12,17H,3-7H2,(H,15,19)/t10-,11+,12-/m1/s1. The van der Waals surface area contributed by atoms with E-state index in [2.05, 4.69) is 5.32 Å². The molecule has 21 heavy (non-hydrogen) atoms. The van der Waals surface area contributed by atoms with Crippen molar-refractivity contribution in [1.82, 2.24) is 10.2 Å². The molecule has 3 heterocycles. The number of hydrogen-bond donors (Lipinski definition) is 2. The molecule has 2 aliphatic heterocycles. The topological polar surface area (TPSA) is 78.9 Å². The molecule has 0 bridgehead atoms. The maximum absolute atomic E-state index is 11.8. The van der Waals surface area contributed by atoms with Crippen molar-refractivity contribution in [3.63, 3.8) is 0 Å². The third-order valence-electron chi connectivity index (χ3n) is 4.08. The molecule has 7 heteroatoms. The number of fused-ring (bicyclic) bond motifs is 1. The summed E-state index contributed by atoms with van der Waals surface area (Å²) < 4.78 is 5.89. The van der Waals surface area contributed by atoms with Gasteiger partial charge >= 0.3 is 0 Å². The number of aliphatic hydroxyl groups is 1. The molecule has 1 aromatic heterocycles. The van der Waals surface area contributed by atoms with Crippen LogP contribution in [0.5, 0.6) is 0 Å². The molecule has 2 fully saturated rings. The van der Waals surface area contributed by atoms with Crippen LogP contribution in [0.25, 0.3) is 0 Å². The fourth-order valence-electron chi connectivity index (χ4n) is 3.00. The number of carbonyl (C=O) groups is 2. The van der Waals surface area contributed by atoms with Crippen LogP contribution in [-0.4, -0.2) is 60.3 Å². The highest BCUT2D eigenvalue weighted by Crippen LogP contribution is 2.32. The number of ether oxygens (including phenoxy) is 1. The van der Waals surface area contributed by atoms with Gasteiger partial charge in [0.1, 0.15) is 6.61 Å². The predicted molar refractivity (Wildman–Crippen MR) is 77.1 cm³/mol. The molecule has 0 aliphatic carbocycles. The number of aliphatic hydroxyl groups excluding tert-OH is 1. The molecule has 0 unspecified atom stereocenters. The van der Waals surface area contributed by atoms with E-state index in [9.17, 15) is 9.59 Å². The number of nitrogens with one attached hydrogen (secondary N) is 1. The maximum atomic E-state index is 11.8. The Morgan fingerprint density at radius 1 is 1.48 bits per heavy atom. The molecule has 3 rings (SSSR count). The zero-order valence-electron chi connectivity index (χ0n) is 11.5. The predicted octanol–water partition coefficient (Wildman–Crippen LogP) is 0.0861. The molecule has 114 valence electrons. The van der Waals surface area contributed by atoms with Gasteiger partial charge in [0.05, 0.1) is 12.2 Å². The lowest BCUT2D eigenvalue weighted by atomic mass is 10.0. The van der Waals surface area contributed by atoms with Crippen LogP contribution >= 0.6 is 11.3 Å². The number of nitrogens with zero attached hydrogens (tertiary/aromatic N) is 1. The lowest BCUT2D eigenvalue weighted by molar-refractivity contribution is -0.134. The van der Waals surface area contributed by atoms with Crippen molar-refractivity contribution >= 4 is 23.2 Å². The van der Waals surface area contributed by atoms with Gasteiger partial charge in [-0.1, -0.05) is 0 Å². The highest BCUT2D eigenvalue weighted by atomic mass is 32.1. The second kappa shape index (κ2) is 6.13. The molecule has 2 N–H and O–H groups in total. The number of likely N-dealkylation sites (tertiary alicyclic amines) is 1. The summed E-state index contributed by atoms with van der Waals surface area (Å²) in [6.45, 7) is 1.23. The van der Waals surface area contributed by atoms with Gasteiger partial charge in [-0.3, -0.25) is 9.59 Å². The monoisotopic (exact) mass is 310 g/mol. The van der Waals surface area contributed by atoms with Crippen LogP contribution in [0.4, 0.5) is 0 Å². The molecule has 0 aromatic carbocycles. The molecule has 0 saturated carbocycles. The minimum Gasteiger partial charge on any atom is -0.387 e. The van der Waals surface area contributed by atoms with Crippen LogP contribution in [0.15, 0.2) is 16.8 Å².